The number of rotatable bonds is 26. The summed E-state index contributed by atoms with van der Waals surface area (Å²) in [5.41, 5.74) is 14.3. The number of nitrogens with one attached hydrogen (secondary N) is 9. The third kappa shape index (κ3) is 19.3. The minimum atomic E-state index is -1.88. The van der Waals surface area contributed by atoms with Gasteiger partial charge < -0.3 is 88.5 Å². The maximum absolute atomic E-state index is 15.8. The van der Waals surface area contributed by atoms with E-state index >= 15 is 28.4 Å². The number of carboxylic acid groups (broad SMARTS) is 1. The van der Waals surface area contributed by atoms with Gasteiger partial charge in [0.05, 0.1) is 45.1 Å². The summed E-state index contributed by atoms with van der Waals surface area (Å²) >= 11 is 0. The fraction of sp³-hybridized carbons (Fsp3) is 0.437. The first-order chi connectivity index (χ1) is 49.5. The molecule has 0 aliphatic carbocycles. The lowest BCUT2D eigenvalue weighted by Gasteiger charge is -2.37. The number of hydrogen-bond donors (Lipinski definition) is 13. The number of aliphatic hydroxyl groups is 1. The van der Waals surface area contributed by atoms with E-state index in [-0.39, 0.29) is 71.3 Å². The van der Waals surface area contributed by atoms with Crippen LogP contribution in [0.3, 0.4) is 0 Å². The Morgan fingerprint density at radius 2 is 1.47 bits per heavy atom. The Hall–Kier alpha value is -11.2. The second-order valence-corrected chi connectivity index (χ2v) is 26.5. The fourth-order valence-electron chi connectivity index (χ4n) is 13.0. The van der Waals surface area contributed by atoms with E-state index in [1.807, 2.05) is 0 Å². The summed E-state index contributed by atoms with van der Waals surface area (Å²) in [4.78, 5) is 174. The van der Waals surface area contributed by atoms with Crippen molar-refractivity contribution in [2.45, 2.75) is 178 Å². The highest BCUT2D eigenvalue weighted by atomic mass is 19.1. The minimum Gasteiger partial charge on any atom is -0.497 e. The lowest BCUT2D eigenvalue weighted by molar-refractivity contribution is -0.148. The highest BCUT2D eigenvalue weighted by molar-refractivity contribution is 6.01. The van der Waals surface area contributed by atoms with Crippen molar-refractivity contribution in [1.82, 2.24) is 72.3 Å². The van der Waals surface area contributed by atoms with Gasteiger partial charge in [0.15, 0.2) is 0 Å². The molecule has 0 spiro atoms. The summed E-state index contributed by atoms with van der Waals surface area (Å²) in [5, 5.41) is 50.4. The molecule has 3 aliphatic rings. The number of amides is 11. The Morgan fingerprint density at radius 1 is 0.798 bits per heavy atom. The molecule has 32 nitrogen and oxygen atoms in total. The van der Waals surface area contributed by atoms with Crippen LogP contribution in [-0.2, 0) is 108 Å². The number of nitrogens with two attached hydrogens (primary N) is 2. The topological polar surface area (TPSA) is 465 Å². The van der Waals surface area contributed by atoms with E-state index in [1.165, 1.54) is 68.8 Å². The molecule has 0 unspecified atom stereocenters. The SMILES string of the molecule is COc1ccc(C[C@H](NC(=O)[C@@H](NC(=O)[C@@H]2[C@@H]3CCN2C(=O)[C@H](Cc2c[nH]c4ccc(F)cc24)NC(=O)[C@@H](NC(=O)[C@@H](C)NC(=O)[C@H](C)NC(=O)[C@H](CC(=O)O)NC(C)=O)Cc2cccc(c2)Cn2cc(nn2)CO3)[C@H](C)O)C(=O)N2CCC[C@@]2(C)C(=O)N[C@@H](Cc2ccc(CN)cc2)C(N)=O)cc1. The summed E-state index contributed by atoms with van der Waals surface area (Å²) in [5.74, 6) is -11.4. The van der Waals surface area contributed by atoms with Gasteiger partial charge >= 0.3 is 5.97 Å². The van der Waals surface area contributed by atoms with Gasteiger partial charge in [-0.1, -0.05) is 65.9 Å². The highest BCUT2D eigenvalue weighted by Crippen LogP contribution is 2.32. The van der Waals surface area contributed by atoms with Crippen LogP contribution in [0.25, 0.3) is 10.9 Å². The van der Waals surface area contributed by atoms with E-state index in [2.05, 4.69) is 57.8 Å². The number of carboxylic acids is 1. The number of nitrogens with zero attached hydrogens (tertiary/aromatic N) is 5. The Labute approximate surface area is 597 Å². The van der Waals surface area contributed by atoms with Crippen molar-refractivity contribution >= 4 is 81.9 Å². The molecule has 4 aromatic carbocycles. The van der Waals surface area contributed by atoms with E-state index in [4.69, 9.17) is 20.9 Å². The van der Waals surface area contributed by atoms with Crippen LogP contribution in [0.5, 0.6) is 5.75 Å². The van der Waals surface area contributed by atoms with Crippen molar-refractivity contribution in [2.24, 2.45) is 11.5 Å². The molecular formula is C71H87FN16O16. The van der Waals surface area contributed by atoms with Crippen molar-refractivity contribution in [3.05, 3.63) is 148 Å². The maximum Gasteiger partial charge on any atom is 0.305 e. The average molecular weight is 1440 g/mol. The van der Waals surface area contributed by atoms with Crippen LogP contribution >= 0.6 is 0 Å². The number of aliphatic carboxylic acids is 1. The van der Waals surface area contributed by atoms with Crippen molar-refractivity contribution < 1.29 is 81.6 Å². The fourth-order valence-corrected chi connectivity index (χ4v) is 13.0. The van der Waals surface area contributed by atoms with Gasteiger partial charge in [0.25, 0.3) is 0 Å². The first-order valence-electron chi connectivity index (χ1n) is 34.0. The minimum absolute atomic E-state index is 0.0218. The number of aliphatic hydroxyl groups excluding tert-OH is 1. The maximum atomic E-state index is 15.8. The summed E-state index contributed by atoms with van der Waals surface area (Å²) in [6.07, 6.45) is -0.976. The van der Waals surface area contributed by atoms with Gasteiger partial charge in [-0.15, -0.1) is 5.10 Å². The van der Waals surface area contributed by atoms with E-state index in [9.17, 15) is 43.8 Å². The number of likely N-dealkylation sites (tertiary alicyclic amines) is 1. The van der Waals surface area contributed by atoms with E-state index < -0.39 is 155 Å². The summed E-state index contributed by atoms with van der Waals surface area (Å²) < 4.78 is 28.4. The molecule has 104 heavy (non-hydrogen) atoms. The molecule has 11 amide bonds. The number of fused-ring (bicyclic) bond motifs is 7. The number of carbonyl (C=O) groups is 12. The molecule has 15 N–H and O–H groups in total. The monoisotopic (exact) mass is 1440 g/mol. The Bertz CT molecular complexity index is 4170. The first-order valence-corrected chi connectivity index (χ1v) is 34.0. The first kappa shape index (κ1) is 77.0. The number of halogens is 1. The zero-order valence-corrected chi connectivity index (χ0v) is 58.2. The number of carbonyl (C=O) groups excluding carboxylic acids is 11. The number of benzene rings is 4. The van der Waals surface area contributed by atoms with Crippen molar-refractivity contribution in [1.29, 1.82) is 0 Å². The molecule has 6 bridgehead atoms. The van der Waals surface area contributed by atoms with Gasteiger partial charge in [-0.05, 0) is 111 Å². The molecule has 12 atom stereocenters. The van der Waals surface area contributed by atoms with Gasteiger partial charge in [-0.3, -0.25) is 57.5 Å². The molecule has 0 radical (unpaired) electrons. The number of hydrogen-bond acceptors (Lipinski definition) is 18. The molecule has 3 aliphatic heterocycles. The second-order valence-electron chi connectivity index (χ2n) is 26.5. The zero-order chi connectivity index (χ0) is 75.3. The van der Waals surface area contributed by atoms with Crippen LogP contribution in [0, 0.1) is 5.82 Å². The lowest BCUT2D eigenvalue weighted by Crippen LogP contribution is -2.64. The van der Waals surface area contributed by atoms with Crippen LogP contribution in [0.2, 0.25) is 0 Å². The molecular weight excluding hydrogens is 1350 g/mol. The lowest BCUT2D eigenvalue weighted by atomic mass is 9.94. The molecule has 9 rings (SSSR count). The predicted octanol–water partition coefficient (Wildman–Crippen LogP) is -1.16. The molecule has 0 saturated carbocycles. The Morgan fingerprint density at radius 3 is 2.14 bits per heavy atom. The van der Waals surface area contributed by atoms with Crippen LogP contribution < -0.4 is 58.7 Å². The van der Waals surface area contributed by atoms with E-state index in [1.54, 1.807) is 79.0 Å². The molecule has 2 aromatic heterocycles. The molecule has 2 saturated heterocycles. The Balaban J connectivity index is 1.01. The molecule has 33 heteroatoms. The molecule has 5 heterocycles. The van der Waals surface area contributed by atoms with Crippen molar-refractivity contribution in [3.63, 3.8) is 0 Å². The number of aromatic amines is 1. The normalized spacial score (nSPS) is 20.3. The molecule has 6 aromatic rings. The van der Waals surface area contributed by atoms with Crippen LogP contribution in [0.4, 0.5) is 4.39 Å². The van der Waals surface area contributed by atoms with Gasteiger partial charge in [-0.25, -0.2) is 9.07 Å². The van der Waals surface area contributed by atoms with Gasteiger partial charge in [0, 0.05) is 69.3 Å². The van der Waals surface area contributed by atoms with Crippen LogP contribution in [0.15, 0.2) is 103 Å². The predicted molar refractivity (Wildman–Crippen MR) is 370 cm³/mol. The zero-order valence-electron chi connectivity index (χ0n) is 58.2. The number of aromatic nitrogens is 4. The van der Waals surface area contributed by atoms with Crippen molar-refractivity contribution in [2.75, 3.05) is 20.2 Å². The van der Waals surface area contributed by atoms with Gasteiger partial charge in [-0.2, -0.15) is 0 Å². The highest BCUT2D eigenvalue weighted by Gasteiger charge is 2.50. The summed E-state index contributed by atoms with van der Waals surface area (Å²) in [7, 11) is 1.47. The van der Waals surface area contributed by atoms with E-state index in [0.717, 1.165) is 17.4 Å². The number of H-pyrrole nitrogens is 1. The van der Waals surface area contributed by atoms with Crippen LogP contribution in [-0.4, -0.2) is 203 Å². The average Bonchev–Trinajstić information content (AvgIpc) is 1.60. The third-order valence-electron chi connectivity index (χ3n) is 18.7. The number of primary amides is 1. The quantitative estimate of drug-likeness (QED) is 0.0305. The Kier molecular flexibility index (Phi) is 25.3. The van der Waals surface area contributed by atoms with Crippen LogP contribution in [0.1, 0.15) is 99.4 Å². The smallest absolute Gasteiger partial charge is 0.305 e. The number of ether oxygens (including phenoxy) is 2. The van der Waals surface area contributed by atoms with E-state index in [0.29, 0.717) is 56.6 Å². The molecule has 554 valence electrons. The standard InChI is InChI=1S/C71H87FN16O16/c1-37(77-64(96)54(31-58(91)92)78-40(4)90)62(94)76-38(2)63(95)79-53-28-44-9-7-10-45(25-44)34-86-35-48(84-85-86)36-104-57-21-24-87(68(100)56(80-65(53)97)29-46-33-75-51-20-17-47(72)30-50(46)51)60(57)67(99)83-59(39(3)89)66(98)81-55(27-42-15-18-49(103-6)19-16-42)69(101)88-23-8-22-71(88,5)70(102)82-52(61(74)93)26-41-11-13-43(32-73)14-12-41/h7,9-20,25,30,33,35,37-39,52-57,59-60,75,89H,8,21-24,26-29,31-32,34,36,73H2,1-6H3,(H2,74,93)(H,76,94)(H,77,96)(H,78,90)(H,79,95)(H,80,97)(H,81,98)(H,82,102)(H,83,99)(H,91,92)/t37-,38+,39-,52-,53-,54-,55-,56-,57-,59-,60-,71-/m0/s1. The largest absolute Gasteiger partial charge is 0.497 e. The second kappa shape index (κ2) is 34.2. The number of methoxy groups -OCH3 is 1. The third-order valence-corrected chi connectivity index (χ3v) is 18.7. The molecule has 2 fully saturated rings. The van der Waals surface area contributed by atoms with Crippen molar-refractivity contribution in [3.8, 4) is 5.75 Å². The summed E-state index contributed by atoms with van der Waals surface area (Å²) in [6.45, 7) is 6.32. The van der Waals surface area contributed by atoms with Gasteiger partial charge in [0.2, 0.25) is 65.0 Å². The van der Waals surface area contributed by atoms with Gasteiger partial charge in [0.1, 0.15) is 77.2 Å². The summed E-state index contributed by atoms with van der Waals surface area (Å²) in [6, 6.07) is 10.7.